The number of hydrogen-bond acceptors (Lipinski definition) is 5. The van der Waals surface area contributed by atoms with E-state index in [1.807, 2.05) is 26.0 Å². The minimum atomic E-state index is -0.638. The van der Waals surface area contributed by atoms with Gasteiger partial charge >= 0.3 is 5.82 Å². The van der Waals surface area contributed by atoms with Gasteiger partial charge in [0.2, 0.25) is 5.75 Å². The normalized spacial score (nSPS) is 12.1. The van der Waals surface area contributed by atoms with Crippen molar-refractivity contribution in [2.24, 2.45) is 5.92 Å². The summed E-state index contributed by atoms with van der Waals surface area (Å²) < 4.78 is 5.31. The van der Waals surface area contributed by atoms with E-state index in [1.165, 1.54) is 23.9 Å². The van der Waals surface area contributed by atoms with Crippen LogP contribution in [0.1, 0.15) is 50.8 Å². The Labute approximate surface area is 158 Å². The number of hydrogen-bond donors (Lipinski definition) is 1. The number of benzene rings is 1. The summed E-state index contributed by atoms with van der Waals surface area (Å²) in [5.74, 6) is -0.170. The van der Waals surface area contributed by atoms with Crippen LogP contribution >= 0.6 is 0 Å². The maximum Gasteiger partial charge on any atom is 0.406 e. The summed E-state index contributed by atoms with van der Waals surface area (Å²) in [6, 6.07) is 10.9. The molecule has 1 atom stereocenters. The fourth-order valence-electron chi connectivity index (χ4n) is 2.71. The van der Waals surface area contributed by atoms with Gasteiger partial charge in [-0.05, 0) is 45.0 Å². The minimum absolute atomic E-state index is 0.0277. The van der Waals surface area contributed by atoms with Crippen LogP contribution in [0.2, 0.25) is 0 Å². The van der Waals surface area contributed by atoms with Crippen molar-refractivity contribution in [1.29, 1.82) is 0 Å². The molecule has 0 aliphatic carbocycles. The van der Waals surface area contributed by atoms with Crippen molar-refractivity contribution in [3.05, 3.63) is 63.8 Å². The number of carbonyl (C=O) groups is 1. The molecule has 0 spiro atoms. The van der Waals surface area contributed by atoms with Crippen LogP contribution in [-0.4, -0.2) is 22.4 Å². The molecule has 2 rings (SSSR count). The van der Waals surface area contributed by atoms with E-state index in [4.69, 9.17) is 4.74 Å². The van der Waals surface area contributed by atoms with Crippen LogP contribution in [0.5, 0.6) is 5.75 Å². The van der Waals surface area contributed by atoms with Crippen LogP contribution < -0.4 is 10.1 Å². The van der Waals surface area contributed by atoms with Gasteiger partial charge in [-0.2, -0.15) is 0 Å². The average molecular weight is 371 g/mol. The predicted molar refractivity (Wildman–Crippen MR) is 103 cm³/mol. The van der Waals surface area contributed by atoms with E-state index in [1.54, 1.807) is 0 Å². The Morgan fingerprint density at radius 2 is 1.78 bits per heavy atom. The van der Waals surface area contributed by atoms with Gasteiger partial charge in [0.1, 0.15) is 6.20 Å². The van der Waals surface area contributed by atoms with Crippen molar-refractivity contribution in [1.82, 2.24) is 10.3 Å². The highest BCUT2D eigenvalue weighted by Gasteiger charge is 2.21. The topological polar surface area (TPSA) is 94.4 Å². The van der Waals surface area contributed by atoms with Crippen LogP contribution in [0.3, 0.4) is 0 Å². The van der Waals surface area contributed by atoms with Crippen LogP contribution in [-0.2, 0) is 4.79 Å². The third-order valence-electron chi connectivity index (χ3n) is 4.23. The molecule has 0 fully saturated rings. The summed E-state index contributed by atoms with van der Waals surface area (Å²) in [5.41, 5.74) is 2.25. The summed E-state index contributed by atoms with van der Waals surface area (Å²) in [5, 5.41) is 13.9. The third kappa shape index (κ3) is 5.51. The zero-order chi connectivity index (χ0) is 20.0. The summed E-state index contributed by atoms with van der Waals surface area (Å²) in [4.78, 5) is 26.3. The second-order valence-electron chi connectivity index (χ2n) is 6.98. The lowest BCUT2D eigenvalue weighted by Gasteiger charge is -2.23. The number of nitrogens with one attached hydrogen (secondary N) is 1. The molecule has 144 valence electrons. The second kappa shape index (κ2) is 9.12. The first kappa shape index (κ1) is 20.4. The SMILES string of the molecule is CC(C)c1ccc([C@H](NC(=O)COc2cccnc2[N+](=O)[O-])C(C)C)cc1. The second-order valence-corrected chi connectivity index (χ2v) is 6.98. The molecule has 7 nitrogen and oxygen atoms in total. The first-order valence-electron chi connectivity index (χ1n) is 8.91. The standard InChI is InChI=1S/C20H25N3O4/c1-13(2)15-7-9-16(10-8-15)19(14(3)4)22-18(24)12-27-17-6-5-11-21-20(17)23(25)26/h5-11,13-14,19H,12H2,1-4H3,(H,22,24)/t19-/m1/s1. The number of rotatable bonds is 8. The molecule has 1 heterocycles. The van der Waals surface area contributed by atoms with Crippen LogP contribution in [0, 0.1) is 16.0 Å². The number of carbonyl (C=O) groups excluding carboxylic acids is 1. The van der Waals surface area contributed by atoms with E-state index in [9.17, 15) is 14.9 Å². The monoisotopic (exact) mass is 371 g/mol. The van der Waals surface area contributed by atoms with Crippen molar-refractivity contribution < 1.29 is 14.5 Å². The number of ether oxygens (including phenoxy) is 1. The maximum absolute atomic E-state index is 12.3. The third-order valence-corrected chi connectivity index (χ3v) is 4.23. The lowest BCUT2D eigenvalue weighted by molar-refractivity contribution is -0.390. The number of pyridine rings is 1. The molecular formula is C20H25N3O4. The number of aromatic nitrogens is 1. The molecular weight excluding hydrogens is 346 g/mol. The average Bonchev–Trinajstić information content (AvgIpc) is 2.64. The Morgan fingerprint density at radius 1 is 1.15 bits per heavy atom. The summed E-state index contributed by atoms with van der Waals surface area (Å²) >= 11 is 0. The molecule has 1 aromatic heterocycles. The Balaban J connectivity index is 2.04. The molecule has 1 amide bonds. The smallest absolute Gasteiger partial charge is 0.406 e. The zero-order valence-electron chi connectivity index (χ0n) is 16.0. The van der Waals surface area contributed by atoms with Gasteiger partial charge in [0.25, 0.3) is 5.91 Å². The highest BCUT2D eigenvalue weighted by Crippen LogP contribution is 2.25. The Hall–Kier alpha value is -2.96. The molecule has 0 aliphatic rings. The van der Waals surface area contributed by atoms with Crippen molar-refractivity contribution in [3.8, 4) is 5.75 Å². The lowest BCUT2D eigenvalue weighted by atomic mass is 9.93. The Morgan fingerprint density at radius 3 is 2.33 bits per heavy atom. The fourth-order valence-corrected chi connectivity index (χ4v) is 2.71. The van der Waals surface area contributed by atoms with Gasteiger partial charge < -0.3 is 20.2 Å². The van der Waals surface area contributed by atoms with Crippen LogP contribution in [0.25, 0.3) is 0 Å². The highest BCUT2D eigenvalue weighted by molar-refractivity contribution is 5.78. The molecule has 1 aromatic carbocycles. The first-order valence-corrected chi connectivity index (χ1v) is 8.91. The van der Waals surface area contributed by atoms with Crippen molar-refractivity contribution in [3.63, 3.8) is 0 Å². The van der Waals surface area contributed by atoms with Gasteiger partial charge in [-0.3, -0.25) is 4.79 Å². The highest BCUT2D eigenvalue weighted by atomic mass is 16.6. The maximum atomic E-state index is 12.3. The molecule has 1 N–H and O–H groups in total. The minimum Gasteiger partial charge on any atom is -0.476 e. The molecule has 27 heavy (non-hydrogen) atoms. The number of nitro groups is 1. The number of nitrogens with zero attached hydrogens (tertiary/aromatic N) is 2. The molecule has 0 radical (unpaired) electrons. The van der Waals surface area contributed by atoms with E-state index in [2.05, 4.69) is 36.3 Å². The van der Waals surface area contributed by atoms with Crippen molar-refractivity contribution in [2.75, 3.05) is 6.61 Å². The molecule has 7 heteroatoms. The largest absolute Gasteiger partial charge is 0.476 e. The van der Waals surface area contributed by atoms with Crippen molar-refractivity contribution in [2.45, 2.75) is 39.7 Å². The van der Waals surface area contributed by atoms with Crippen LogP contribution in [0.4, 0.5) is 5.82 Å². The Bertz CT molecular complexity index is 788. The molecule has 0 bridgehead atoms. The van der Waals surface area contributed by atoms with Gasteiger partial charge in [0.15, 0.2) is 6.61 Å². The number of amides is 1. The van der Waals surface area contributed by atoms with E-state index in [0.717, 1.165) is 5.56 Å². The van der Waals surface area contributed by atoms with Gasteiger partial charge in [-0.15, -0.1) is 0 Å². The van der Waals surface area contributed by atoms with Crippen LogP contribution in [0.15, 0.2) is 42.6 Å². The molecule has 0 saturated heterocycles. The first-order chi connectivity index (χ1) is 12.8. The van der Waals surface area contributed by atoms with E-state index >= 15 is 0 Å². The molecule has 0 aliphatic heterocycles. The summed E-state index contributed by atoms with van der Waals surface area (Å²) in [6.07, 6.45) is 1.31. The van der Waals surface area contributed by atoms with E-state index in [0.29, 0.717) is 5.92 Å². The molecule has 2 aromatic rings. The lowest BCUT2D eigenvalue weighted by Crippen LogP contribution is -2.35. The van der Waals surface area contributed by atoms with Gasteiger partial charge in [0.05, 0.1) is 6.04 Å². The van der Waals surface area contributed by atoms with E-state index < -0.39 is 10.7 Å². The van der Waals surface area contributed by atoms with Gasteiger partial charge in [0, 0.05) is 0 Å². The Kier molecular flexibility index (Phi) is 6.87. The van der Waals surface area contributed by atoms with Gasteiger partial charge in [-0.1, -0.05) is 52.0 Å². The summed E-state index contributed by atoms with van der Waals surface area (Å²) in [7, 11) is 0. The molecule has 0 unspecified atom stereocenters. The summed E-state index contributed by atoms with van der Waals surface area (Å²) in [6.45, 7) is 7.99. The van der Waals surface area contributed by atoms with E-state index in [-0.39, 0.29) is 30.2 Å². The molecule has 0 saturated carbocycles. The fraction of sp³-hybridized carbons (Fsp3) is 0.400. The quantitative estimate of drug-likeness (QED) is 0.559. The zero-order valence-corrected chi connectivity index (χ0v) is 16.0. The predicted octanol–water partition coefficient (Wildman–Crippen LogP) is 4.01. The van der Waals surface area contributed by atoms with Gasteiger partial charge in [-0.25, -0.2) is 0 Å². The van der Waals surface area contributed by atoms with Crippen molar-refractivity contribution >= 4 is 11.7 Å².